The number of rotatable bonds is 4. The van der Waals surface area contributed by atoms with Crippen LogP contribution in [0.1, 0.15) is 44.2 Å². The number of hydrogen-bond acceptors (Lipinski definition) is 1. The van der Waals surface area contributed by atoms with Gasteiger partial charge in [0.2, 0.25) is 0 Å². The van der Waals surface area contributed by atoms with Crippen LogP contribution >= 0.6 is 0 Å². The summed E-state index contributed by atoms with van der Waals surface area (Å²) in [4.78, 5) is 0. The van der Waals surface area contributed by atoms with Gasteiger partial charge in [-0.2, -0.15) is 0 Å². The van der Waals surface area contributed by atoms with Crippen molar-refractivity contribution in [3.8, 4) is 0 Å². The third-order valence-corrected chi connectivity index (χ3v) is 3.38. The maximum atomic E-state index is 13.9. The Kier molecular flexibility index (Phi) is 4.48. The summed E-state index contributed by atoms with van der Waals surface area (Å²) in [5, 5.41) is 3.30. The quantitative estimate of drug-likeness (QED) is 0.794. The summed E-state index contributed by atoms with van der Waals surface area (Å²) in [6.07, 6.45) is 6.60. The predicted molar refractivity (Wildman–Crippen MR) is 69.3 cm³/mol. The molecule has 0 aromatic heterocycles. The van der Waals surface area contributed by atoms with Gasteiger partial charge < -0.3 is 5.32 Å². The topological polar surface area (TPSA) is 12.0 Å². The molecule has 0 spiro atoms. The Balaban J connectivity index is 2.31. The highest BCUT2D eigenvalue weighted by Crippen LogP contribution is 2.31. The van der Waals surface area contributed by atoms with Crippen molar-refractivity contribution in [2.45, 2.75) is 38.6 Å². The minimum absolute atomic E-state index is 0.115. The summed E-state index contributed by atoms with van der Waals surface area (Å²) in [5.41, 5.74) is 1.78. The van der Waals surface area contributed by atoms with Crippen LogP contribution in [0.4, 0.5) is 8.78 Å². The van der Waals surface area contributed by atoms with Gasteiger partial charge in [-0.1, -0.05) is 24.6 Å². The van der Waals surface area contributed by atoms with E-state index in [1.54, 1.807) is 6.07 Å². The average Bonchev–Trinajstić information content (AvgIpc) is 2.38. The molecule has 1 nitrogen and oxygen atoms in total. The number of halogens is 2. The van der Waals surface area contributed by atoms with E-state index < -0.39 is 11.6 Å². The second kappa shape index (κ2) is 6.10. The first-order valence-electron chi connectivity index (χ1n) is 6.59. The number of likely N-dealkylation sites (N-methyl/N-ethyl adjacent to an activating group) is 1. The fourth-order valence-corrected chi connectivity index (χ4v) is 2.51. The minimum atomic E-state index is -0.524. The molecule has 0 saturated heterocycles. The molecule has 0 aliphatic heterocycles. The maximum absolute atomic E-state index is 13.9. The van der Waals surface area contributed by atoms with E-state index in [2.05, 4.69) is 11.4 Å². The van der Waals surface area contributed by atoms with E-state index in [1.807, 2.05) is 6.92 Å². The molecular weight excluding hydrogens is 232 g/mol. The molecule has 0 radical (unpaired) electrons. The van der Waals surface area contributed by atoms with Crippen molar-refractivity contribution < 1.29 is 8.78 Å². The monoisotopic (exact) mass is 251 g/mol. The molecule has 0 fully saturated rings. The van der Waals surface area contributed by atoms with Gasteiger partial charge >= 0.3 is 0 Å². The molecule has 1 aliphatic carbocycles. The molecule has 1 unspecified atom stereocenters. The first-order valence-corrected chi connectivity index (χ1v) is 6.59. The summed E-state index contributed by atoms with van der Waals surface area (Å²) >= 11 is 0. The van der Waals surface area contributed by atoms with E-state index in [0.29, 0.717) is 5.56 Å². The second-order valence-electron chi connectivity index (χ2n) is 4.68. The molecule has 1 atom stereocenters. The number of benzene rings is 1. The summed E-state index contributed by atoms with van der Waals surface area (Å²) in [7, 11) is 0. The fourth-order valence-electron chi connectivity index (χ4n) is 2.51. The Bertz CT molecular complexity index is 440. The average molecular weight is 251 g/mol. The van der Waals surface area contributed by atoms with E-state index in [9.17, 15) is 8.78 Å². The highest BCUT2D eigenvalue weighted by molar-refractivity contribution is 5.30. The Hall–Kier alpha value is -1.22. The lowest BCUT2D eigenvalue weighted by molar-refractivity contribution is 0.518. The van der Waals surface area contributed by atoms with E-state index in [4.69, 9.17) is 0 Å². The van der Waals surface area contributed by atoms with Crippen molar-refractivity contribution >= 4 is 0 Å². The minimum Gasteiger partial charge on any atom is -0.307 e. The van der Waals surface area contributed by atoms with Crippen LogP contribution in [0.2, 0.25) is 0 Å². The van der Waals surface area contributed by atoms with Crippen LogP contribution in [0, 0.1) is 11.6 Å². The van der Waals surface area contributed by atoms with Crippen LogP contribution in [0.15, 0.2) is 29.8 Å². The lowest BCUT2D eigenvalue weighted by Crippen LogP contribution is -2.24. The van der Waals surface area contributed by atoms with Gasteiger partial charge in [0.25, 0.3) is 0 Å². The van der Waals surface area contributed by atoms with E-state index in [1.165, 1.54) is 18.1 Å². The van der Waals surface area contributed by atoms with Gasteiger partial charge in [-0.3, -0.25) is 0 Å². The van der Waals surface area contributed by atoms with Crippen molar-refractivity contribution in [2.75, 3.05) is 6.54 Å². The zero-order valence-electron chi connectivity index (χ0n) is 10.7. The van der Waals surface area contributed by atoms with Gasteiger partial charge in [0.1, 0.15) is 11.6 Å². The largest absolute Gasteiger partial charge is 0.307 e. The fraction of sp³-hybridized carbons (Fsp3) is 0.467. The number of allylic oxidation sites excluding steroid dienone is 1. The van der Waals surface area contributed by atoms with Gasteiger partial charge in [-0.25, -0.2) is 8.78 Å². The van der Waals surface area contributed by atoms with Crippen LogP contribution in [-0.2, 0) is 0 Å². The Morgan fingerprint density at radius 1 is 1.28 bits per heavy atom. The molecule has 0 bridgehead atoms. The molecule has 2 rings (SSSR count). The van der Waals surface area contributed by atoms with E-state index in [0.717, 1.165) is 31.9 Å². The Labute approximate surface area is 107 Å². The normalized spacial score (nSPS) is 17.4. The summed E-state index contributed by atoms with van der Waals surface area (Å²) < 4.78 is 26.8. The van der Waals surface area contributed by atoms with Gasteiger partial charge in [0.05, 0.1) is 6.04 Å². The second-order valence-corrected chi connectivity index (χ2v) is 4.68. The first-order chi connectivity index (χ1) is 8.72. The molecule has 98 valence electrons. The van der Waals surface area contributed by atoms with Crippen LogP contribution in [-0.4, -0.2) is 6.54 Å². The van der Waals surface area contributed by atoms with Crippen molar-refractivity contribution in [2.24, 2.45) is 0 Å². The molecule has 0 saturated carbocycles. The summed E-state index contributed by atoms with van der Waals surface area (Å²) in [6.45, 7) is 2.76. The molecule has 18 heavy (non-hydrogen) atoms. The van der Waals surface area contributed by atoms with Crippen LogP contribution in [0.5, 0.6) is 0 Å². The molecule has 0 amide bonds. The molecular formula is C15H19F2N. The van der Waals surface area contributed by atoms with Crippen molar-refractivity contribution in [3.63, 3.8) is 0 Å². The molecule has 1 aromatic carbocycles. The Morgan fingerprint density at radius 3 is 2.72 bits per heavy atom. The third kappa shape index (κ3) is 2.96. The van der Waals surface area contributed by atoms with Crippen LogP contribution in [0.3, 0.4) is 0 Å². The van der Waals surface area contributed by atoms with Crippen molar-refractivity contribution in [1.82, 2.24) is 5.32 Å². The lowest BCUT2D eigenvalue weighted by Gasteiger charge is -2.25. The molecule has 0 heterocycles. The molecule has 1 aliphatic rings. The van der Waals surface area contributed by atoms with Gasteiger partial charge in [0.15, 0.2) is 0 Å². The summed E-state index contributed by atoms with van der Waals surface area (Å²) in [5.74, 6) is -0.989. The highest BCUT2D eigenvalue weighted by atomic mass is 19.1. The van der Waals surface area contributed by atoms with Gasteiger partial charge in [-0.15, -0.1) is 0 Å². The van der Waals surface area contributed by atoms with Crippen LogP contribution < -0.4 is 5.32 Å². The Morgan fingerprint density at radius 2 is 2.11 bits per heavy atom. The van der Waals surface area contributed by atoms with Crippen LogP contribution in [0.25, 0.3) is 0 Å². The zero-order valence-corrected chi connectivity index (χ0v) is 10.7. The van der Waals surface area contributed by atoms with E-state index >= 15 is 0 Å². The number of hydrogen-bond donors (Lipinski definition) is 1. The number of nitrogens with one attached hydrogen (secondary N) is 1. The highest BCUT2D eigenvalue weighted by Gasteiger charge is 2.20. The van der Waals surface area contributed by atoms with Crippen molar-refractivity contribution in [1.29, 1.82) is 0 Å². The standard InChI is InChI=1S/C15H19F2N/c1-2-18-15(11-6-4-3-5-7-11)13-9-8-12(16)10-14(13)17/h6,8-10,15,18H,2-5,7H2,1H3. The predicted octanol–water partition coefficient (Wildman–Crippen LogP) is 4.12. The third-order valence-electron chi connectivity index (χ3n) is 3.38. The molecule has 1 aromatic rings. The lowest BCUT2D eigenvalue weighted by atomic mass is 9.89. The van der Waals surface area contributed by atoms with Crippen molar-refractivity contribution in [3.05, 3.63) is 47.0 Å². The smallest absolute Gasteiger partial charge is 0.131 e. The van der Waals surface area contributed by atoms with Gasteiger partial charge in [-0.05, 0) is 38.3 Å². The summed E-state index contributed by atoms with van der Waals surface area (Å²) in [6, 6.07) is 3.72. The molecule has 1 N–H and O–H groups in total. The zero-order chi connectivity index (χ0) is 13.0. The van der Waals surface area contributed by atoms with E-state index in [-0.39, 0.29) is 6.04 Å². The maximum Gasteiger partial charge on any atom is 0.131 e. The van der Waals surface area contributed by atoms with Gasteiger partial charge in [0, 0.05) is 11.6 Å². The SMILES string of the molecule is CCNC(C1=CCCCC1)c1ccc(F)cc1F. The molecule has 3 heteroatoms. The first kappa shape index (κ1) is 13.2.